The van der Waals surface area contributed by atoms with Gasteiger partial charge in [-0.1, -0.05) is 38.1 Å². The number of carbonyl (C=O) groups is 1. The second-order valence-electron chi connectivity index (χ2n) is 5.39. The van der Waals surface area contributed by atoms with Crippen LogP contribution in [0.2, 0.25) is 0 Å². The van der Waals surface area contributed by atoms with E-state index in [0.29, 0.717) is 0 Å². The first-order valence-corrected chi connectivity index (χ1v) is 5.77. The van der Waals surface area contributed by atoms with E-state index in [4.69, 9.17) is 5.11 Å². The highest BCUT2D eigenvalue weighted by Crippen LogP contribution is 2.27. The molecular weight excluding hydrogens is 214 g/mol. The van der Waals surface area contributed by atoms with Crippen molar-refractivity contribution in [1.82, 2.24) is 4.90 Å². The minimum atomic E-state index is -0.757. The first kappa shape index (κ1) is 13.7. The van der Waals surface area contributed by atoms with Gasteiger partial charge in [0.1, 0.15) is 0 Å². The van der Waals surface area contributed by atoms with Crippen molar-refractivity contribution in [2.75, 3.05) is 14.1 Å². The molecule has 0 saturated carbocycles. The molecule has 0 bridgehead atoms. The maximum Gasteiger partial charge on any atom is 0.304 e. The van der Waals surface area contributed by atoms with Gasteiger partial charge < -0.3 is 10.0 Å². The van der Waals surface area contributed by atoms with E-state index < -0.39 is 5.97 Å². The van der Waals surface area contributed by atoms with Crippen molar-refractivity contribution in [3.8, 4) is 0 Å². The fourth-order valence-electron chi connectivity index (χ4n) is 1.91. The van der Waals surface area contributed by atoms with Crippen molar-refractivity contribution >= 4 is 5.97 Å². The Morgan fingerprint density at radius 2 is 1.76 bits per heavy atom. The van der Waals surface area contributed by atoms with Crippen molar-refractivity contribution in [3.63, 3.8) is 0 Å². The standard InChI is InChI=1S/C14H21NO2/c1-14(2,9-13(16)17)12-7-5-11(6-8-12)10-15(3)4/h5-8H,9-10H2,1-4H3,(H,16,17). The average Bonchev–Trinajstić information content (AvgIpc) is 2.15. The molecule has 0 heterocycles. The minimum Gasteiger partial charge on any atom is -0.481 e. The normalized spacial score (nSPS) is 11.8. The van der Waals surface area contributed by atoms with Crippen LogP contribution in [0.25, 0.3) is 0 Å². The Labute approximate surface area is 103 Å². The summed E-state index contributed by atoms with van der Waals surface area (Å²) in [7, 11) is 4.06. The monoisotopic (exact) mass is 235 g/mol. The molecule has 0 aromatic heterocycles. The summed E-state index contributed by atoms with van der Waals surface area (Å²) in [6.07, 6.45) is 0.153. The summed E-state index contributed by atoms with van der Waals surface area (Å²) in [6, 6.07) is 8.20. The van der Waals surface area contributed by atoms with Crippen LogP contribution in [0.4, 0.5) is 0 Å². The van der Waals surface area contributed by atoms with E-state index in [-0.39, 0.29) is 11.8 Å². The topological polar surface area (TPSA) is 40.5 Å². The molecule has 0 atom stereocenters. The van der Waals surface area contributed by atoms with E-state index in [1.165, 1.54) is 5.56 Å². The number of hydrogen-bond acceptors (Lipinski definition) is 2. The van der Waals surface area contributed by atoms with E-state index in [9.17, 15) is 4.79 Å². The van der Waals surface area contributed by atoms with Crippen LogP contribution in [0.5, 0.6) is 0 Å². The molecule has 0 radical (unpaired) electrons. The molecule has 0 aliphatic heterocycles. The fraction of sp³-hybridized carbons (Fsp3) is 0.500. The number of carboxylic acid groups (broad SMARTS) is 1. The van der Waals surface area contributed by atoms with Crippen LogP contribution in [-0.4, -0.2) is 30.1 Å². The molecule has 1 aromatic carbocycles. The van der Waals surface area contributed by atoms with Crippen LogP contribution in [0, 0.1) is 0 Å². The van der Waals surface area contributed by atoms with Gasteiger partial charge in [-0.15, -0.1) is 0 Å². The smallest absolute Gasteiger partial charge is 0.304 e. The highest BCUT2D eigenvalue weighted by molar-refractivity contribution is 5.68. The summed E-state index contributed by atoms with van der Waals surface area (Å²) in [5, 5.41) is 8.88. The Bertz CT molecular complexity index is 380. The zero-order valence-corrected chi connectivity index (χ0v) is 11.0. The molecule has 1 N–H and O–H groups in total. The third kappa shape index (κ3) is 4.19. The lowest BCUT2D eigenvalue weighted by atomic mass is 9.81. The molecule has 1 aromatic rings. The maximum absolute atomic E-state index is 10.8. The molecule has 0 spiro atoms. The Balaban J connectivity index is 2.82. The molecule has 3 nitrogen and oxygen atoms in total. The maximum atomic E-state index is 10.8. The number of nitrogens with zero attached hydrogens (tertiary/aromatic N) is 1. The van der Waals surface area contributed by atoms with Gasteiger partial charge in [-0.2, -0.15) is 0 Å². The molecule has 0 saturated heterocycles. The van der Waals surface area contributed by atoms with Crippen molar-refractivity contribution in [1.29, 1.82) is 0 Å². The summed E-state index contributed by atoms with van der Waals surface area (Å²) in [5.74, 6) is -0.757. The lowest BCUT2D eigenvalue weighted by Gasteiger charge is -2.23. The SMILES string of the molecule is CN(C)Cc1ccc(C(C)(C)CC(=O)O)cc1. The first-order chi connectivity index (χ1) is 7.81. The summed E-state index contributed by atoms with van der Waals surface area (Å²) in [6.45, 7) is 4.82. The Morgan fingerprint density at radius 1 is 1.24 bits per heavy atom. The molecule has 0 aliphatic carbocycles. The van der Waals surface area contributed by atoms with Crippen LogP contribution in [0.3, 0.4) is 0 Å². The predicted octanol–water partition coefficient (Wildman–Crippen LogP) is 2.50. The van der Waals surface area contributed by atoms with Crippen molar-refractivity contribution in [2.45, 2.75) is 32.2 Å². The van der Waals surface area contributed by atoms with Gasteiger partial charge in [-0.3, -0.25) is 4.79 Å². The number of carboxylic acids is 1. The quantitative estimate of drug-likeness (QED) is 0.852. The number of hydrogen-bond donors (Lipinski definition) is 1. The number of aliphatic carboxylic acids is 1. The van der Waals surface area contributed by atoms with Gasteiger partial charge in [0.05, 0.1) is 6.42 Å². The van der Waals surface area contributed by atoms with E-state index in [1.807, 2.05) is 40.1 Å². The van der Waals surface area contributed by atoms with Gasteiger partial charge in [0.25, 0.3) is 0 Å². The molecule has 1 rings (SSSR count). The second kappa shape index (κ2) is 5.32. The molecule has 0 fully saturated rings. The van der Waals surface area contributed by atoms with Crippen LogP contribution < -0.4 is 0 Å². The first-order valence-electron chi connectivity index (χ1n) is 5.77. The Morgan fingerprint density at radius 3 is 2.18 bits per heavy atom. The summed E-state index contributed by atoms with van der Waals surface area (Å²) in [5.41, 5.74) is 2.00. The highest BCUT2D eigenvalue weighted by atomic mass is 16.4. The van der Waals surface area contributed by atoms with E-state index in [0.717, 1.165) is 12.1 Å². The number of rotatable bonds is 5. The number of benzene rings is 1. The van der Waals surface area contributed by atoms with Crippen LogP contribution in [0.1, 0.15) is 31.4 Å². The van der Waals surface area contributed by atoms with Crippen LogP contribution >= 0.6 is 0 Å². The Kier molecular flexibility index (Phi) is 4.29. The molecule has 94 valence electrons. The fourth-order valence-corrected chi connectivity index (χ4v) is 1.91. The molecule has 0 aliphatic rings. The third-order valence-corrected chi connectivity index (χ3v) is 2.83. The summed E-state index contributed by atoms with van der Waals surface area (Å²) >= 11 is 0. The van der Waals surface area contributed by atoms with Gasteiger partial charge in [-0.05, 0) is 25.2 Å². The van der Waals surface area contributed by atoms with Gasteiger partial charge >= 0.3 is 5.97 Å². The predicted molar refractivity (Wildman–Crippen MR) is 69.1 cm³/mol. The molecule has 0 amide bonds. The minimum absolute atomic E-state index is 0.153. The summed E-state index contributed by atoms with van der Waals surface area (Å²) < 4.78 is 0. The zero-order valence-electron chi connectivity index (χ0n) is 11.0. The molecule has 0 unspecified atom stereocenters. The van der Waals surface area contributed by atoms with Crippen LogP contribution in [-0.2, 0) is 16.8 Å². The average molecular weight is 235 g/mol. The lowest BCUT2D eigenvalue weighted by Crippen LogP contribution is -2.21. The van der Waals surface area contributed by atoms with Crippen molar-refractivity contribution in [3.05, 3.63) is 35.4 Å². The largest absolute Gasteiger partial charge is 0.481 e. The summed E-state index contributed by atoms with van der Waals surface area (Å²) in [4.78, 5) is 12.9. The van der Waals surface area contributed by atoms with Crippen LogP contribution in [0.15, 0.2) is 24.3 Å². The van der Waals surface area contributed by atoms with Gasteiger partial charge in [-0.25, -0.2) is 0 Å². The third-order valence-electron chi connectivity index (χ3n) is 2.83. The van der Waals surface area contributed by atoms with Crippen molar-refractivity contribution in [2.24, 2.45) is 0 Å². The van der Waals surface area contributed by atoms with E-state index in [2.05, 4.69) is 17.0 Å². The highest BCUT2D eigenvalue weighted by Gasteiger charge is 2.23. The van der Waals surface area contributed by atoms with E-state index >= 15 is 0 Å². The molecule has 3 heteroatoms. The zero-order chi connectivity index (χ0) is 13.1. The lowest BCUT2D eigenvalue weighted by molar-refractivity contribution is -0.138. The van der Waals surface area contributed by atoms with Gasteiger partial charge in [0.2, 0.25) is 0 Å². The Hall–Kier alpha value is -1.35. The van der Waals surface area contributed by atoms with Gasteiger partial charge in [0.15, 0.2) is 0 Å². The van der Waals surface area contributed by atoms with Crippen molar-refractivity contribution < 1.29 is 9.90 Å². The molecular formula is C14H21NO2. The van der Waals surface area contributed by atoms with E-state index in [1.54, 1.807) is 0 Å². The second-order valence-corrected chi connectivity index (χ2v) is 5.39. The molecule has 17 heavy (non-hydrogen) atoms. The van der Waals surface area contributed by atoms with Gasteiger partial charge in [0, 0.05) is 12.0 Å².